The molecule has 0 aromatic heterocycles. The lowest BCUT2D eigenvalue weighted by Gasteiger charge is -2.20. The van der Waals surface area contributed by atoms with Crippen molar-refractivity contribution in [2.75, 3.05) is 0 Å². The van der Waals surface area contributed by atoms with Crippen LogP contribution < -0.4 is 0 Å². The van der Waals surface area contributed by atoms with E-state index in [4.69, 9.17) is 5.11 Å². The van der Waals surface area contributed by atoms with E-state index in [1.54, 1.807) is 12.2 Å². The maximum atomic E-state index is 11.2. The van der Waals surface area contributed by atoms with Crippen LogP contribution in [0.1, 0.15) is 6.42 Å². The Kier molecular flexibility index (Phi) is 2.33. The summed E-state index contributed by atoms with van der Waals surface area (Å²) in [6.07, 6.45) is 8.39. The number of carbonyl (C=O) groups excluding carboxylic acids is 1. The Labute approximate surface area is 86.3 Å². The Hall–Kier alpha value is -1.97. The van der Waals surface area contributed by atoms with Gasteiger partial charge in [0.25, 0.3) is 5.91 Å². The average Bonchev–Trinajstić information content (AvgIpc) is 2.16. The van der Waals surface area contributed by atoms with Crippen LogP contribution in [0.2, 0.25) is 0 Å². The molecule has 15 heavy (non-hydrogen) atoms. The van der Waals surface area contributed by atoms with Crippen LogP contribution in [-0.2, 0) is 9.59 Å². The van der Waals surface area contributed by atoms with Crippen LogP contribution in [0.5, 0.6) is 0 Å². The Morgan fingerprint density at radius 1 is 1.47 bits per heavy atom. The third kappa shape index (κ3) is 1.93. The Balaban J connectivity index is 2.31. The molecule has 1 atom stereocenters. The molecule has 1 heterocycles. The van der Waals surface area contributed by atoms with Gasteiger partial charge in [-0.05, 0) is 11.6 Å². The largest absolute Gasteiger partial charge is 0.481 e. The fourth-order valence-electron chi connectivity index (χ4n) is 1.70. The van der Waals surface area contributed by atoms with Gasteiger partial charge in [-0.1, -0.05) is 18.2 Å². The number of rotatable bonds is 2. The number of fused-ring (bicyclic) bond motifs is 1. The van der Waals surface area contributed by atoms with Gasteiger partial charge in [-0.15, -0.1) is 0 Å². The van der Waals surface area contributed by atoms with Crippen molar-refractivity contribution >= 4 is 17.6 Å². The molecular weight excluding hydrogens is 194 g/mol. The summed E-state index contributed by atoms with van der Waals surface area (Å²) in [5, 5.41) is 8.71. The van der Waals surface area contributed by atoms with E-state index in [1.165, 1.54) is 6.08 Å². The van der Waals surface area contributed by atoms with Crippen molar-refractivity contribution in [1.29, 1.82) is 0 Å². The number of amides is 1. The minimum absolute atomic E-state index is 0.117. The first-order chi connectivity index (χ1) is 7.16. The minimum atomic E-state index is -0.932. The SMILES string of the molecule is O=C(O)CC1=CC(=O)N=C2C=CC=CC12. The fourth-order valence-corrected chi connectivity index (χ4v) is 1.70. The van der Waals surface area contributed by atoms with E-state index in [0.717, 1.165) is 0 Å². The smallest absolute Gasteiger partial charge is 0.307 e. The Morgan fingerprint density at radius 2 is 2.27 bits per heavy atom. The molecule has 4 nitrogen and oxygen atoms in total. The number of carboxylic acids is 1. The van der Waals surface area contributed by atoms with Crippen molar-refractivity contribution in [1.82, 2.24) is 0 Å². The molecule has 1 aliphatic carbocycles. The van der Waals surface area contributed by atoms with Gasteiger partial charge >= 0.3 is 5.97 Å². The van der Waals surface area contributed by atoms with Crippen LogP contribution in [0.15, 0.2) is 40.9 Å². The van der Waals surface area contributed by atoms with Gasteiger partial charge in [-0.2, -0.15) is 0 Å². The highest BCUT2D eigenvalue weighted by atomic mass is 16.4. The first-order valence-corrected chi connectivity index (χ1v) is 4.56. The second kappa shape index (κ2) is 3.65. The third-order valence-electron chi connectivity index (χ3n) is 2.30. The van der Waals surface area contributed by atoms with Crippen molar-refractivity contribution in [2.24, 2.45) is 10.9 Å². The topological polar surface area (TPSA) is 66.7 Å². The van der Waals surface area contributed by atoms with Crippen molar-refractivity contribution < 1.29 is 14.7 Å². The molecule has 0 aromatic carbocycles. The van der Waals surface area contributed by atoms with E-state index in [-0.39, 0.29) is 18.2 Å². The summed E-state index contributed by atoms with van der Waals surface area (Å²) in [6, 6.07) is 0. The van der Waals surface area contributed by atoms with E-state index in [9.17, 15) is 9.59 Å². The molecule has 1 N–H and O–H groups in total. The van der Waals surface area contributed by atoms with E-state index in [2.05, 4.69) is 4.99 Å². The van der Waals surface area contributed by atoms with Gasteiger partial charge in [-0.3, -0.25) is 9.59 Å². The lowest BCUT2D eigenvalue weighted by Crippen LogP contribution is -2.22. The van der Waals surface area contributed by atoms with Crippen LogP contribution in [0, 0.1) is 5.92 Å². The zero-order chi connectivity index (χ0) is 10.8. The summed E-state index contributed by atoms with van der Waals surface area (Å²) in [6.45, 7) is 0. The number of aliphatic carboxylic acids is 1. The molecule has 1 unspecified atom stereocenters. The number of carboxylic acid groups (broad SMARTS) is 1. The van der Waals surface area contributed by atoms with Crippen molar-refractivity contribution in [3.8, 4) is 0 Å². The van der Waals surface area contributed by atoms with Gasteiger partial charge in [0.15, 0.2) is 0 Å². The van der Waals surface area contributed by atoms with Crippen molar-refractivity contribution in [3.05, 3.63) is 36.0 Å². The highest BCUT2D eigenvalue weighted by molar-refractivity contribution is 6.12. The summed E-state index contributed by atoms with van der Waals surface area (Å²) in [5.41, 5.74) is 1.22. The van der Waals surface area contributed by atoms with Crippen molar-refractivity contribution in [3.63, 3.8) is 0 Å². The lowest BCUT2D eigenvalue weighted by molar-refractivity contribution is -0.136. The summed E-state index contributed by atoms with van der Waals surface area (Å²) >= 11 is 0. The summed E-state index contributed by atoms with van der Waals surface area (Å²) in [4.78, 5) is 25.6. The zero-order valence-electron chi connectivity index (χ0n) is 7.88. The standard InChI is InChI=1S/C11H9NO3/c13-10-5-7(6-11(14)15)8-3-1-2-4-9(8)12-10/h1-5,8H,6H2,(H,14,15). The molecule has 0 fully saturated rings. The van der Waals surface area contributed by atoms with E-state index < -0.39 is 5.97 Å². The van der Waals surface area contributed by atoms with Crippen LogP contribution in [0.4, 0.5) is 0 Å². The van der Waals surface area contributed by atoms with E-state index in [0.29, 0.717) is 11.3 Å². The number of hydrogen-bond acceptors (Lipinski definition) is 2. The van der Waals surface area contributed by atoms with Crippen LogP contribution >= 0.6 is 0 Å². The Bertz CT molecular complexity index is 441. The summed E-state index contributed by atoms with van der Waals surface area (Å²) in [7, 11) is 0. The second-order valence-electron chi connectivity index (χ2n) is 3.39. The molecule has 0 aromatic rings. The molecule has 0 saturated carbocycles. The maximum absolute atomic E-state index is 11.2. The Morgan fingerprint density at radius 3 is 3.00 bits per heavy atom. The number of carbonyl (C=O) groups is 2. The van der Waals surface area contributed by atoms with Gasteiger partial charge in [-0.25, -0.2) is 4.99 Å². The van der Waals surface area contributed by atoms with Gasteiger partial charge in [0, 0.05) is 12.0 Å². The number of hydrogen-bond donors (Lipinski definition) is 1. The maximum Gasteiger partial charge on any atom is 0.307 e. The molecule has 2 rings (SSSR count). The first kappa shape index (κ1) is 9.58. The molecule has 0 spiro atoms. The molecular formula is C11H9NO3. The van der Waals surface area contributed by atoms with Crippen LogP contribution in [0.25, 0.3) is 0 Å². The predicted molar refractivity (Wildman–Crippen MR) is 54.5 cm³/mol. The molecule has 0 saturated heterocycles. The predicted octanol–water partition coefficient (Wildman–Crippen LogP) is 1.11. The number of nitrogens with zero attached hydrogens (tertiary/aromatic N) is 1. The molecule has 0 bridgehead atoms. The average molecular weight is 203 g/mol. The highest BCUT2D eigenvalue weighted by Crippen LogP contribution is 2.25. The molecule has 0 radical (unpaired) electrons. The number of dihydropyridines is 1. The number of allylic oxidation sites excluding steroid dienone is 4. The highest BCUT2D eigenvalue weighted by Gasteiger charge is 2.24. The van der Waals surface area contributed by atoms with Crippen LogP contribution in [-0.4, -0.2) is 22.7 Å². The molecule has 1 amide bonds. The van der Waals surface area contributed by atoms with Gasteiger partial charge < -0.3 is 5.11 Å². The molecule has 1 aliphatic heterocycles. The summed E-state index contributed by atoms with van der Waals surface area (Å²) in [5.74, 6) is -1.46. The van der Waals surface area contributed by atoms with Gasteiger partial charge in [0.05, 0.1) is 12.1 Å². The normalized spacial score (nSPS) is 23.2. The van der Waals surface area contributed by atoms with E-state index >= 15 is 0 Å². The lowest BCUT2D eigenvalue weighted by atomic mass is 9.86. The van der Waals surface area contributed by atoms with Gasteiger partial charge in [0.2, 0.25) is 0 Å². The first-order valence-electron chi connectivity index (χ1n) is 4.56. The zero-order valence-corrected chi connectivity index (χ0v) is 7.88. The van der Waals surface area contributed by atoms with Gasteiger partial charge in [0.1, 0.15) is 0 Å². The quantitative estimate of drug-likeness (QED) is 0.731. The van der Waals surface area contributed by atoms with Crippen molar-refractivity contribution in [2.45, 2.75) is 6.42 Å². The molecule has 4 heteroatoms. The third-order valence-corrected chi connectivity index (χ3v) is 2.30. The van der Waals surface area contributed by atoms with Crippen LogP contribution in [0.3, 0.4) is 0 Å². The minimum Gasteiger partial charge on any atom is -0.481 e. The molecule has 2 aliphatic rings. The molecule has 76 valence electrons. The fraction of sp³-hybridized carbons (Fsp3) is 0.182. The monoisotopic (exact) mass is 203 g/mol. The second-order valence-corrected chi connectivity index (χ2v) is 3.39. The summed E-state index contributed by atoms with van der Waals surface area (Å²) < 4.78 is 0. The number of aliphatic imine (C=N–C) groups is 1. The van der Waals surface area contributed by atoms with E-state index in [1.807, 2.05) is 12.2 Å².